The maximum atomic E-state index is 11.7. The van der Waals surface area contributed by atoms with Crippen LogP contribution in [0.4, 0.5) is 0 Å². The van der Waals surface area contributed by atoms with Crippen molar-refractivity contribution in [3.05, 3.63) is 72.6 Å². The van der Waals surface area contributed by atoms with Gasteiger partial charge in [-0.3, -0.25) is 9.36 Å². The molecule has 0 spiro atoms. The van der Waals surface area contributed by atoms with E-state index in [0.717, 1.165) is 27.5 Å². The van der Waals surface area contributed by atoms with E-state index in [1.165, 1.54) is 0 Å². The number of benzene rings is 2. The Kier molecular flexibility index (Phi) is 2.94. The van der Waals surface area contributed by atoms with Gasteiger partial charge in [-0.2, -0.15) is 0 Å². The van der Waals surface area contributed by atoms with Gasteiger partial charge in [0.05, 0.1) is 11.1 Å². The van der Waals surface area contributed by atoms with Crippen molar-refractivity contribution in [2.24, 2.45) is 0 Å². The predicted molar refractivity (Wildman–Crippen MR) is 88.8 cm³/mol. The molecule has 3 nitrogen and oxygen atoms in total. The summed E-state index contributed by atoms with van der Waals surface area (Å²) in [5.41, 5.74) is 1.40. The number of para-hydroxylation sites is 1. The second kappa shape index (κ2) is 4.97. The smallest absolute Gasteiger partial charge is 0.254 e. The Morgan fingerprint density at radius 2 is 1.68 bits per heavy atom. The van der Waals surface area contributed by atoms with E-state index in [9.17, 15) is 4.79 Å². The van der Waals surface area contributed by atoms with Crippen molar-refractivity contribution in [3.8, 4) is 5.82 Å². The molecule has 22 heavy (non-hydrogen) atoms. The van der Waals surface area contributed by atoms with Crippen LogP contribution >= 0.6 is 11.6 Å². The maximum Gasteiger partial charge on any atom is 0.254 e. The molecule has 0 saturated heterocycles. The topological polar surface area (TPSA) is 34.9 Å². The summed E-state index contributed by atoms with van der Waals surface area (Å²) < 4.78 is 1.92. The first kappa shape index (κ1) is 13.0. The molecule has 0 amide bonds. The fraction of sp³-hybridized carbons (Fsp3) is 0. The van der Waals surface area contributed by atoms with Crippen LogP contribution in [-0.4, -0.2) is 14.8 Å². The molecular formula is C18H11ClN2O. The minimum absolute atomic E-state index is 0.463. The summed E-state index contributed by atoms with van der Waals surface area (Å²) in [5, 5.41) is 2.50. The van der Waals surface area contributed by atoms with Crippen LogP contribution < -0.4 is 0 Å². The Labute approximate surface area is 131 Å². The lowest BCUT2D eigenvalue weighted by molar-refractivity contribution is 0.108. The number of fused-ring (bicyclic) bond motifs is 2. The molecule has 0 aliphatic carbocycles. The van der Waals surface area contributed by atoms with Crippen LogP contribution in [0.3, 0.4) is 0 Å². The van der Waals surface area contributed by atoms with Crippen molar-refractivity contribution in [1.82, 2.24) is 9.55 Å². The lowest BCUT2D eigenvalue weighted by Gasteiger charge is -2.08. The van der Waals surface area contributed by atoms with Crippen LogP contribution in [0, 0.1) is 0 Å². The molecule has 0 atom stereocenters. The lowest BCUT2D eigenvalue weighted by atomic mass is 10.1. The van der Waals surface area contributed by atoms with Gasteiger partial charge in [-0.05, 0) is 29.1 Å². The highest BCUT2D eigenvalue weighted by molar-refractivity contribution is 6.68. The highest BCUT2D eigenvalue weighted by Crippen LogP contribution is 2.28. The standard InChI is InChI=1S/C18H11ClN2O/c19-17(22)15-11-21(16-8-4-3-7-14(15)16)18-13-6-2-1-5-12(13)9-10-20-18/h1-11H. The number of hydrogen-bond donors (Lipinski definition) is 0. The summed E-state index contributed by atoms with van der Waals surface area (Å²) in [6, 6.07) is 17.7. The summed E-state index contributed by atoms with van der Waals surface area (Å²) in [5.74, 6) is 0.790. The van der Waals surface area contributed by atoms with Gasteiger partial charge in [-0.15, -0.1) is 0 Å². The molecule has 0 aliphatic rings. The van der Waals surface area contributed by atoms with Gasteiger partial charge in [0.25, 0.3) is 5.24 Å². The molecule has 0 saturated carbocycles. The van der Waals surface area contributed by atoms with Crippen molar-refractivity contribution >= 4 is 38.5 Å². The van der Waals surface area contributed by atoms with Crippen LogP contribution in [-0.2, 0) is 0 Å². The summed E-state index contributed by atoms with van der Waals surface area (Å²) in [7, 11) is 0. The summed E-state index contributed by atoms with van der Waals surface area (Å²) in [6.07, 6.45) is 3.53. The van der Waals surface area contributed by atoms with E-state index in [1.807, 2.05) is 59.2 Å². The summed E-state index contributed by atoms with van der Waals surface area (Å²) in [4.78, 5) is 16.2. The molecule has 4 aromatic rings. The third-order valence-corrected chi connectivity index (χ3v) is 4.01. The van der Waals surface area contributed by atoms with Gasteiger partial charge in [0.1, 0.15) is 5.82 Å². The van der Waals surface area contributed by atoms with Crippen molar-refractivity contribution in [3.63, 3.8) is 0 Å². The van der Waals surface area contributed by atoms with E-state index in [4.69, 9.17) is 11.6 Å². The van der Waals surface area contributed by atoms with Crippen LogP contribution in [0.5, 0.6) is 0 Å². The lowest BCUT2D eigenvalue weighted by Crippen LogP contribution is -1.97. The first-order valence-corrected chi connectivity index (χ1v) is 7.27. The molecule has 2 aromatic carbocycles. The average molecular weight is 307 g/mol. The fourth-order valence-corrected chi connectivity index (χ4v) is 2.96. The van der Waals surface area contributed by atoms with Crippen LogP contribution in [0.2, 0.25) is 0 Å². The molecule has 0 aliphatic heterocycles. The van der Waals surface area contributed by atoms with Gasteiger partial charge in [0.2, 0.25) is 0 Å². The van der Waals surface area contributed by atoms with Crippen LogP contribution in [0.15, 0.2) is 67.0 Å². The zero-order valence-electron chi connectivity index (χ0n) is 11.5. The molecule has 4 rings (SSSR count). The monoisotopic (exact) mass is 306 g/mol. The first-order valence-electron chi connectivity index (χ1n) is 6.90. The Bertz CT molecular complexity index is 1010. The first-order chi connectivity index (χ1) is 10.8. The van der Waals surface area contributed by atoms with Crippen molar-refractivity contribution in [2.45, 2.75) is 0 Å². The average Bonchev–Trinajstić information content (AvgIpc) is 2.94. The van der Waals surface area contributed by atoms with E-state index in [2.05, 4.69) is 4.98 Å². The third kappa shape index (κ3) is 1.90. The number of rotatable bonds is 2. The minimum atomic E-state index is -0.463. The van der Waals surface area contributed by atoms with E-state index < -0.39 is 5.24 Å². The molecule has 0 N–H and O–H groups in total. The Hall–Kier alpha value is -2.65. The van der Waals surface area contributed by atoms with Gasteiger partial charge in [-0.1, -0.05) is 42.5 Å². The van der Waals surface area contributed by atoms with Crippen molar-refractivity contribution in [2.75, 3.05) is 0 Å². The van der Waals surface area contributed by atoms with Gasteiger partial charge in [0, 0.05) is 23.2 Å². The van der Waals surface area contributed by atoms with Gasteiger partial charge in [0.15, 0.2) is 0 Å². The highest BCUT2D eigenvalue weighted by atomic mass is 35.5. The summed E-state index contributed by atoms with van der Waals surface area (Å²) >= 11 is 5.73. The molecule has 106 valence electrons. The van der Waals surface area contributed by atoms with Crippen LogP contribution in [0.25, 0.3) is 27.5 Å². The van der Waals surface area contributed by atoms with E-state index in [-0.39, 0.29) is 0 Å². The summed E-state index contributed by atoms with van der Waals surface area (Å²) in [6.45, 7) is 0. The Morgan fingerprint density at radius 1 is 0.955 bits per heavy atom. The number of carbonyl (C=O) groups excluding carboxylic acids is 1. The maximum absolute atomic E-state index is 11.7. The number of nitrogens with zero attached hydrogens (tertiary/aromatic N) is 2. The number of hydrogen-bond acceptors (Lipinski definition) is 2. The number of pyridine rings is 1. The number of halogens is 1. The Balaban J connectivity index is 2.11. The molecule has 2 heterocycles. The fourth-order valence-electron chi connectivity index (χ4n) is 2.81. The molecular weight excluding hydrogens is 296 g/mol. The van der Waals surface area contributed by atoms with Crippen molar-refractivity contribution in [1.29, 1.82) is 0 Å². The third-order valence-electron chi connectivity index (χ3n) is 3.80. The second-order valence-electron chi connectivity index (χ2n) is 5.06. The van der Waals surface area contributed by atoms with E-state index in [1.54, 1.807) is 12.4 Å². The molecule has 4 heteroatoms. The highest BCUT2D eigenvalue weighted by Gasteiger charge is 2.15. The molecule has 0 unspecified atom stereocenters. The number of aromatic nitrogens is 2. The molecule has 0 bridgehead atoms. The van der Waals surface area contributed by atoms with Crippen LogP contribution in [0.1, 0.15) is 10.4 Å². The second-order valence-corrected chi connectivity index (χ2v) is 5.40. The molecule has 2 aromatic heterocycles. The van der Waals surface area contributed by atoms with Gasteiger partial charge < -0.3 is 0 Å². The minimum Gasteiger partial charge on any atom is -0.300 e. The van der Waals surface area contributed by atoms with E-state index in [0.29, 0.717) is 5.56 Å². The Morgan fingerprint density at radius 3 is 2.50 bits per heavy atom. The quantitative estimate of drug-likeness (QED) is 0.509. The zero-order chi connectivity index (χ0) is 15.1. The zero-order valence-corrected chi connectivity index (χ0v) is 12.3. The molecule has 0 radical (unpaired) electrons. The largest absolute Gasteiger partial charge is 0.300 e. The SMILES string of the molecule is O=C(Cl)c1cn(-c2nccc3ccccc23)c2ccccc12. The molecule has 0 fully saturated rings. The van der Waals surface area contributed by atoms with E-state index >= 15 is 0 Å². The predicted octanol–water partition coefficient (Wildman–Crippen LogP) is 4.56. The number of carbonyl (C=O) groups is 1. The van der Waals surface area contributed by atoms with Gasteiger partial charge in [-0.25, -0.2) is 4.98 Å². The van der Waals surface area contributed by atoms with Crippen molar-refractivity contribution < 1.29 is 4.79 Å². The van der Waals surface area contributed by atoms with Gasteiger partial charge >= 0.3 is 0 Å². The normalized spacial score (nSPS) is 11.1.